The smallest absolute Gasteiger partial charge is 0.217 e. The minimum atomic E-state index is -0.144. The number of benzene rings is 2. The molecule has 0 spiro atoms. The van der Waals surface area contributed by atoms with Crippen LogP contribution in [0.25, 0.3) is 0 Å². The summed E-state index contributed by atoms with van der Waals surface area (Å²) in [4.78, 5) is 10.1. The van der Waals surface area contributed by atoms with E-state index in [-0.39, 0.29) is 77.2 Å². The number of amides is 1. The molecule has 0 aliphatic heterocycles. The number of carbonyl (C=O) groups excluding carboxylic acids is 1. The molecule has 8 nitrogen and oxygen atoms in total. The van der Waals surface area contributed by atoms with Crippen LogP contribution >= 0.6 is 24.1 Å². The molecule has 0 bridgehead atoms. The van der Waals surface area contributed by atoms with Crippen LogP contribution < -0.4 is 16.0 Å². The van der Waals surface area contributed by atoms with Crippen molar-refractivity contribution in [2.75, 3.05) is 36.9 Å². The second kappa shape index (κ2) is 31.4. The summed E-state index contributed by atoms with van der Waals surface area (Å²) in [7, 11) is 3.82. The Hall–Kier alpha value is 0.258. The van der Waals surface area contributed by atoms with Crippen molar-refractivity contribution in [1.29, 1.82) is 0 Å². The molecule has 0 heterocycles. The van der Waals surface area contributed by atoms with Crippen LogP contribution in [0.2, 0.25) is 0 Å². The molecule has 0 aliphatic rings. The Bertz CT molecular complexity index is 535. The van der Waals surface area contributed by atoms with Crippen molar-refractivity contribution in [3.8, 4) is 0 Å². The molecule has 30 heavy (non-hydrogen) atoms. The van der Waals surface area contributed by atoms with Crippen LogP contribution in [0.5, 0.6) is 0 Å². The van der Waals surface area contributed by atoms with Crippen molar-refractivity contribution >= 4 is 41.4 Å². The van der Waals surface area contributed by atoms with Crippen molar-refractivity contribution in [3.63, 3.8) is 0 Å². The topological polar surface area (TPSA) is 112 Å². The van der Waals surface area contributed by atoms with Crippen molar-refractivity contribution in [2.45, 2.75) is 6.92 Å². The van der Waals surface area contributed by atoms with Gasteiger partial charge in [0.05, 0.1) is 17.9 Å². The number of hydrogen-bond acceptors (Lipinski definition) is 9. The molecule has 0 unspecified atom stereocenters. The van der Waals surface area contributed by atoms with E-state index in [9.17, 15) is 4.79 Å². The fourth-order valence-electron chi connectivity index (χ4n) is 1.37. The Balaban J connectivity index is -0.000000151. The van der Waals surface area contributed by atoms with E-state index in [1.807, 2.05) is 74.8 Å². The summed E-state index contributed by atoms with van der Waals surface area (Å²) >= 11 is 1.67. The minimum absolute atomic E-state index is 0. The van der Waals surface area contributed by atoms with Gasteiger partial charge in [-0.2, -0.15) is 8.67 Å². The molecule has 2 radical (unpaired) electrons. The third-order valence-electron chi connectivity index (χ3n) is 2.63. The quantitative estimate of drug-likeness (QED) is 0.107. The van der Waals surface area contributed by atoms with E-state index in [1.165, 1.54) is 6.92 Å². The average molecular weight is 609 g/mol. The van der Waals surface area contributed by atoms with Gasteiger partial charge in [-0.25, -0.2) is 10.5 Å². The van der Waals surface area contributed by atoms with Gasteiger partial charge in [0.15, 0.2) is 0 Å². The molecule has 164 valence electrons. The summed E-state index contributed by atoms with van der Waals surface area (Å²) in [6.07, 6.45) is 1.62. The Morgan fingerprint density at radius 3 is 1.43 bits per heavy atom. The molecule has 0 fully saturated rings. The summed E-state index contributed by atoms with van der Waals surface area (Å²) < 4.78 is 7.05. The van der Waals surface area contributed by atoms with E-state index >= 15 is 0 Å². The molecule has 0 saturated heterocycles. The maximum Gasteiger partial charge on any atom is 0.217 e. The largest absolute Gasteiger partial charge is 0.388 e. The molecule has 2 aromatic rings. The molecule has 2 aromatic carbocycles. The zero-order valence-corrected chi connectivity index (χ0v) is 24.9. The maximum atomic E-state index is 10.1. The minimum Gasteiger partial charge on any atom is -0.388 e. The van der Waals surface area contributed by atoms with Gasteiger partial charge in [-0.1, -0.05) is 36.4 Å². The first kappa shape index (κ1) is 37.6. The van der Waals surface area contributed by atoms with Gasteiger partial charge in [-0.3, -0.25) is 4.79 Å². The summed E-state index contributed by atoms with van der Waals surface area (Å²) in [6, 6.07) is 20.1. The van der Waals surface area contributed by atoms with Gasteiger partial charge in [0.25, 0.3) is 0 Å². The summed E-state index contributed by atoms with van der Waals surface area (Å²) in [5.74, 6) is 0.126. The predicted octanol–water partition coefficient (Wildman–Crippen LogP) is 4.42. The molecule has 1 amide bonds. The molecule has 0 aliphatic carbocycles. The fraction of sp³-hybridized carbons (Fsp3) is 0.278. The predicted molar refractivity (Wildman–Crippen MR) is 119 cm³/mol. The first-order valence-electron chi connectivity index (χ1n) is 8.02. The zero-order chi connectivity index (χ0) is 21.5. The van der Waals surface area contributed by atoms with Crippen LogP contribution in [0.1, 0.15) is 6.92 Å². The maximum absolute atomic E-state index is 10.1. The number of rotatable bonds is 6. The molecule has 0 atom stereocenters. The van der Waals surface area contributed by atoms with Gasteiger partial charge in [0, 0.05) is 116 Å². The van der Waals surface area contributed by atoms with Crippen LogP contribution in [0, 0.1) is 0 Å². The summed E-state index contributed by atoms with van der Waals surface area (Å²) in [6.45, 7) is 1.39. The van der Waals surface area contributed by atoms with Crippen LogP contribution in [-0.4, -0.2) is 42.6 Å². The van der Waals surface area contributed by atoms with E-state index in [4.69, 9.17) is 10.5 Å². The van der Waals surface area contributed by atoms with Crippen molar-refractivity contribution in [2.24, 2.45) is 0 Å². The van der Waals surface area contributed by atoms with Gasteiger partial charge < -0.3 is 16.0 Å². The van der Waals surface area contributed by atoms with Crippen molar-refractivity contribution in [1.82, 2.24) is 5.32 Å². The third kappa shape index (κ3) is 30.5. The second-order valence-electron chi connectivity index (χ2n) is 4.54. The van der Waals surface area contributed by atoms with E-state index in [1.54, 1.807) is 6.26 Å². The Labute approximate surface area is 238 Å². The SMILES string of the molecule is CC(=O)NCSOO.CNc1ccccc1.CNc1ccccc1.CSOO.[Y].[Y]. The molecular weight excluding hydrogens is 580 g/mol. The second-order valence-corrected chi connectivity index (χ2v) is 5.70. The fourth-order valence-corrected chi connectivity index (χ4v) is 1.68. The molecule has 5 N–H and O–H groups in total. The molecule has 2 rings (SSSR count). The van der Waals surface area contributed by atoms with Gasteiger partial charge in [0.1, 0.15) is 0 Å². The number of nitrogens with one attached hydrogen (secondary N) is 3. The monoisotopic (exact) mass is 609 g/mol. The number of para-hydroxylation sites is 2. The number of hydrogen-bond donors (Lipinski definition) is 5. The number of anilines is 2. The molecule has 0 saturated carbocycles. The molecule has 12 heteroatoms. The Kier molecular flexibility index (Phi) is 39.4. The van der Waals surface area contributed by atoms with Crippen molar-refractivity contribution in [3.05, 3.63) is 60.7 Å². The van der Waals surface area contributed by atoms with E-state index in [2.05, 4.69) is 24.6 Å². The average Bonchev–Trinajstić information content (AvgIpc) is 2.76. The zero-order valence-electron chi connectivity index (χ0n) is 17.6. The third-order valence-corrected chi connectivity index (χ3v) is 3.15. The van der Waals surface area contributed by atoms with Gasteiger partial charge in [0.2, 0.25) is 5.91 Å². The normalized spacial score (nSPS) is 7.93. The Morgan fingerprint density at radius 1 is 0.867 bits per heavy atom. The van der Waals surface area contributed by atoms with Crippen molar-refractivity contribution < 1.29 is 89.4 Å². The van der Waals surface area contributed by atoms with Crippen LogP contribution in [-0.2, 0) is 78.9 Å². The number of carbonyl (C=O) groups is 1. The first-order chi connectivity index (χ1) is 13.5. The van der Waals surface area contributed by atoms with E-state index in [0.29, 0.717) is 0 Å². The molecule has 0 aromatic heterocycles. The summed E-state index contributed by atoms with van der Waals surface area (Å²) in [5.41, 5.74) is 2.32. The van der Waals surface area contributed by atoms with E-state index < -0.39 is 0 Å². The van der Waals surface area contributed by atoms with Crippen LogP contribution in [0.4, 0.5) is 11.4 Å². The van der Waals surface area contributed by atoms with Gasteiger partial charge in [-0.05, 0) is 24.3 Å². The van der Waals surface area contributed by atoms with Crippen LogP contribution in [0.3, 0.4) is 0 Å². The first-order valence-corrected chi connectivity index (χ1v) is 10.1. The van der Waals surface area contributed by atoms with Crippen LogP contribution in [0.15, 0.2) is 60.7 Å². The van der Waals surface area contributed by atoms with Gasteiger partial charge >= 0.3 is 0 Å². The Morgan fingerprint density at radius 2 is 1.23 bits per heavy atom. The van der Waals surface area contributed by atoms with E-state index in [0.717, 1.165) is 35.5 Å². The standard InChI is InChI=1S/2C7H9N.C3H7NO3S.CH4O2S.2Y/c2*1-8-7-5-3-2-4-6-7;1-3(5)4-2-8-7-6;1-4-3-2;;/h2*2-6,8H,1H3;6H,2H2,1H3,(H,4,5);2H,1H3;;. The van der Waals surface area contributed by atoms with Gasteiger partial charge in [-0.15, -0.1) is 0 Å². The summed E-state index contributed by atoms with van der Waals surface area (Å²) in [5, 5.41) is 23.5. The molecular formula is C18H29N3O5S2Y2.